The Labute approximate surface area is 173 Å². The van der Waals surface area contributed by atoms with Crippen molar-refractivity contribution < 1.29 is 4.74 Å². The summed E-state index contributed by atoms with van der Waals surface area (Å²) in [7, 11) is 2.09. The molecule has 0 unspecified atom stereocenters. The maximum Gasteiger partial charge on any atom is 0.119 e. The summed E-state index contributed by atoms with van der Waals surface area (Å²) in [5.41, 5.74) is 4.18. The molecule has 3 rings (SSSR count). The largest absolute Gasteiger partial charge is 0.492 e. The molecule has 0 aliphatic heterocycles. The molecule has 0 saturated heterocycles. The molecule has 0 saturated carbocycles. The van der Waals surface area contributed by atoms with Gasteiger partial charge in [-0.1, -0.05) is 91.3 Å². The second-order valence-corrected chi connectivity index (χ2v) is 7.07. The molecule has 3 heteroatoms. The highest BCUT2D eigenvalue weighted by Crippen LogP contribution is 2.35. The summed E-state index contributed by atoms with van der Waals surface area (Å²) in [5, 5.41) is 0.741. The van der Waals surface area contributed by atoms with E-state index in [1.807, 2.05) is 60.7 Å². The Morgan fingerprint density at radius 1 is 0.786 bits per heavy atom. The van der Waals surface area contributed by atoms with E-state index in [0.717, 1.165) is 46.1 Å². The van der Waals surface area contributed by atoms with Crippen LogP contribution in [0.3, 0.4) is 0 Å². The molecule has 0 amide bonds. The van der Waals surface area contributed by atoms with Crippen LogP contribution in [0.15, 0.2) is 84.9 Å². The zero-order chi connectivity index (χ0) is 19.8. The zero-order valence-electron chi connectivity index (χ0n) is 16.4. The molecular weight excluding hydrogens is 366 g/mol. The number of halogens is 1. The van der Waals surface area contributed by atoms with Crippen molar-refractivity contribution in [2.24, 2.45) is 0 Å². The molecule has 0 heterocycles. The Hall–Kier alpha value is -2.55. The first-order valence-corrected chi connectivity index (χ1v) is 9.99. The summed E-state index contributed by atoms with van der Waals surface area (Å²) in [6, 6.07) is 28.5. The Kier molecular flexibility index (Phi) is 7.30. The highest BCUT2D eigenvalue weighted by Gasteiger charge is 2.12. The van der Waals surface area contributed by atoms with Crippen molar-refractivity contribution in [2.45, 2.75) is 6.92 Å². The molecule has 28 heavy (non-hydrogen) atoms. The van der Waals surface area contributed by atoms with E-state index in [-0.39, 0.29) is 0 Å². The SMILES string of the molecule is CCN(C)CCOc1ccc(/C(=C(/Cl)c2ccccc2)c2ccccc2)cc1. The van der Waals surface area contributed by atoms with Gasteiger partial charge in [0.05, 0.1) is 5.03 Å². The summed E-state index contributed by atoms with van der Waals surface area (Å²) in [4.78, 5) is 2.23. The number of nitrogens with zero attached hydrogens (tertiary/aromatic N) is 1. The standard InChI is InChI=1S/C25H26ClNO/c1-3-27(2)18-19-28-23-16-14-21(15-17-23)24(20-10-6-4-7-11-20)25(26)22-12-8-5-9-13-22/h4-17H,3,18-19H2,1-2H3/b25-24+. The summed E-state index contributed by atoms with van der Waals surface area (Å²) < 4.78 is 5.87. The fourth-order valence-corrected chi connectivity index (χ4v) is 3.29. The van der Waals surface area contributed by atoms with E-state index < -0.39 is 0 Å². The topological polar surface area (TPSA) is 12.5 Å². The fraction of sp³-hybridized carbons (Fsp3) is 0.200. The minimum absolute atomic E-state index is 0.676. The molecule has 0 aromatic heterocycles. The van der Waals surface area contributed by atoms with E-state index in [1.165, 1.54) is 0 Å². The minimum atomic E-state index is 0.676. The first-order chi connectivity index (χ1) is 13.7. The highest BCUT2D eigenvalue weighted by atomic mass is 35.5. The summed E-state index contributed by atoms with van der Waals surface area (Å²) in [6.45, 7) is 4.75. The van der Waals surface area contributed by atoms with Gasteiger partial charge in [0.1, 0.15) is 12.4 Å². The summed E-state index contributed by atoms with van der Waals surface area (Å²) >= 11 is 6.86. The normalized spacial score (nSPS) is 12.0. The van der Waals surface area contributed by atoms with Gasteiger partial charge >= 0.3 is 0 Å². The third-order valence-corrected chi connectivity index (χ3v) is 5.14. The number of hydrogen-bond donors (Lipinski definition) is 0. The van der Waals surface area contributed by atoms with Crippen LogP contribution in [0.2, 0.25) is 0 Å². The Balaban J connectivity index is 1.89. The molecule has 2 nitrogen and oxygen atoms in total. The van der Waals surface area contributed by atoms with Gasteiger partial charge < -0.3 is 9.64 Å². The van der Waals surface area contributed by atoms with Crippen molar-refractivity contribution in [2.75, 3.05) is 26.7 Å². The second kappa shape index (κ2) is 10.1. The third-order valence-electron chi connectivity index (χ3n) is 4.73. The van der Waals surface area contributed by atoms with Crippen molar-refractivity contribution in [1.82, 2.24) is 4.90 Å². The van der Waals surface area contributed by atoms with Gasteiger partial charge in [0.25, 0.3) is 0 Å². The molecule has 0 fully saturated rings. The molecule has 0 N–H and O–H groups in total. The summed E-state index contributed by atoms with van der Waals surface area (Å²) in [5.74, 6) is 0.872. The van der Waals surface area contributed by atoms with E-state index in [9.17, 15) is 0 Å². The van der Waals surface area contributed by atoms with Crippen LogP contribution in [0.4, 0.5) is 0 Å². The van der Waals surface area contributed by atoms with Gasteiger partial charge in [-0.3, -0.25) is 0 Å². The molecule has 3 aromatic rings. The van der Waals surface area contributed by atoms with Crippen molar-refractivity contribution in [3.63, 3.8) is 0 Å². The highest BCUT2D eigenvalue weighted by molar-refractivity contribution is 6.53. The molecule has 0 atom stereocenters. The maximum absolute atomic E-state index is 6.86. The van der Waals surface area contributed by atoms with Gasteiger partial charge in [0.2, 0.25) is 0 Å². The molecular formula is C25H26ClNO. The van der Waals surface area contributed by atoms with Crippen LogP contribution in [-0.2, 0) is 0 Å². The van der Waals surface area contributed by atoms with Crippen LogP contribution in [0.1, 0.15) is 23.6 Å². The van der Waals surface area contributed by atoms with Gasteiger partial charge in [0, 0.05) is 12.1 Å². The van der Waals surface area contributed by atoms with Crippen LogP contribution >= 0.6 is 11.6 Å². The van der Waals surface area contributed by atoms with E-state index >= 15 is 0 Å². The quantitative estimate of drug-likeness (QED) is 0.425. The lowest BCUT2D eigenvalue weighted by atomic mass is 9.95. The van der Waals surface area contributed by atoms with Gasteiger partial charge in [-0.2, -0.15) is 0 Å². The maximum atomic E-state index is 6.86. The molecule has 0 bridgehead atoms. The van der Waals surface area contributed by atoms with Crippen LogP contribution < -0.4 is 4.74 Å². The lowest BCUT2D eigenvalue weighted by Crippen LogP contribution is -2.23. The Bertz CT molecular complexity index is 889. The molecule has 0 spiro atoms. The zero-order valence-corrected chi connectivity index (χ0v) is 17.2. The van der Waals surface area contributed by atoms with Crippen LogP contribution in [0, 0.1) is 0 Å². The summed E-state index contributed by atoms with van der Waals surface area (Å²) in [6.07, 6.45) is 0. The van der Waals surface area contributed by atoms with Crippen LogP contribution in [0.25, 0.3) is 10.6 Å². The van der Waals surface area contributed by atoms with E-state index in [4.69, 9.17) is 16.3 Å². The number of likely N-dealkylation sites (N-methyl/N-ethyl adjacent to an activating group) is 1. The molecule has 144 valence electrons. The van der Waals surface area contributed by atoms with Crippen LogP contribution in [-0.4, -0.2) is 31.6 Å². The van der Waals surface area contributed by atoms with Crippen molar-refractivity contribution >= 4 is 22.2 Å². The van der Waals surface area contributed by atoms with Gasteiger partial charge in [-0.25, -0.2) is 0 Å². The average Bonchev–Trinajstić information content (AvgIpc) is 2.76. The molecule has 0 aliphatic carbocycles. The second-order valence-electron chi connectivity index (χ2n) is 6.69. The molecule has 0 aliphatic rings. The monoisotopic (exact) mass is 391 g/mol. The lowest BCUT2D eigenvalue weighted by molar-refractivity contribution is 0.244. The van der Waals surface area contributed by atoms with E-state index in [1.54, 1.807) is 0 Å². The molecule has 3 aromatic carbocycles. The van der Waals surface area contributed by atoms with Crippen molar-refractivity contribution in [3.05, 3.63) is 102 Å². The van der Waals surface area contributed by atoms with Crippen LogP contribution in [0.5, 0.6) is 5.75 Å². The first-order valence-electron chi connectivity index (χ1n) is 9.61. The number of benzene rings is 3. The van der Waals surface area contributed by atoms with Gasteiger partial charge in [-0.15, -0.1) is 0 Å². The van der Waals surface area contributed by atoms with E-state index in [2.05, 4.69) is 43.1 Å². The smallest absolute Gasteiger partial charge is 0.119 e. The first kappa shape index (κ1) is 20.2. The fourth-order valence-electron chi connectivity index (χ4n) is 2.95. The average molecular weight is 392 g/mol. The van der Waals surface area contributed by atoms with Crippen molar-refractivity contribution in [3.8, 4) is 5.75 Å². The predicted molar refractivity (Wildman–Crippen MR) is 120 cm³/mol. The predicted octanol–water partition coefficient (Wildman–Crippen LogP) is 6.17. The van der Waals surface area contributed by atoms with E-state index in [0.29, 0.717) is 6.61 Å². The Morgan fingerprint density at radius 3 is 1.89 bits per heavy atom. The lowest BCUT2D eigenvalue weighted by Gasteiger charge is -2.15. The van der Waals surface area contributed by atoms with Gasteiger partial charge in [0.15, 0.2) is 0 Å². The number of hydrogen-bond acceptors (Lipinski definition) is 2. The Morgan fingerprint density at radius 2 is 1.32 bits per heavy atom. The molecule has 0 radical (unpaired) electrons. The third kappa shape index (κ3) is 5.25. The number of ether oxygens (including phenoxy) is 1. The van der Waals surface area contributed by atoms with Crippen molar-refractivity contribution in [1.29, 1.82) is 0 Å². The minimum Gasteiger partial charge on any atom is -0.492 e. The van der Waals surface area contributed by atoms with Gasteiger partial charge in [-0.05, 0) is 42.4 Å². The number of rotatable bonds is 8.